The van der Waals surface area contributed by atoms with Crippen LogP contribution in [0.15, 0.2) is 124 Å². The Kier molecular flexibility index (Phi) is 7.95. The van der Waals surface area contributed by atoms with Gasteiger partial charge in [-0.1, -0.05) is 72.3 Å². The van der Waals surface area contributed by atoms with Crippen LogP contribution >= 0.6 is 0 Å². The van der Waals surface area contributed by atoms with Crippen LogP contribution in [0, 0.1) is 6.92 Å². The molecule has 0 unspecified atom stereocenters. The Labute approximate surface area is 256 Å². The molecule has 0 fully saturated rings. The van der Waals surface area contributed by atoms with Crippen LogP contribution in [0.3, 0.4) is 0 Å². The standard InChI is InChI=1S/C29H25N2O2.C7H8O3S/c1-3-30-26(32-24-18-16-20-10-5-7-12-22(20)28(24)30)14-9-15-27-31(4-2)29-23-13-8-6-11-21(23)17-19-25(29)33-27;1-6-2-4-7(5-3-6)11(8,9)10/h5-19H,3-4H2,1-2H3;2-5H,1H3,(H,8,9,10)/q+1;. The average Bonchev–Trinajstić information content (AvgIpc) is 3.58. The molecule has 0 saturated carbocycles. The largest absolute Gasteiger partial charge is 0.439 e. The molecule has 0 atom stereocenters. The predicted octanol–water partition coefficient (Wildman–Crippen LogP) is 8.06. The second-order valence-electron chi connectivity index (χ2n) is 10.4. The highest BCUT2D eigenvalue weighted by Crippen LogP contribution is 2.44. The molecule has 1 aromatic heterocycles. The lowest BCUT2D eigenvalue weighted by Crippen LogP contribution is -2.33. The van der Waals surface area contributed by atoms with Gasteiger partial charge >= 0.3 is 5.89 Å². The first-order valence-corrected chi connectivity index (χ1v) is 16.0. The van der Waals surface area contributed by atoms with Gasteiger partial charge in [-0.15, -0.1) is 0 Å². The lowest BCUT2D eigenvalue weighted by Gasteiger charge is -2.16. The summed E-state index contributed by atoms with van der Waals surface area (Å²) in [4.78, 5) is 2.16. The summed E-state index contributed by atoms with van der Waals surface area (Å²) in [7, 11) is -4.02. The van der Waals surface area contributed by atoms with E-state index in [0.29, 0.717) is 0 Å². The van der Waals surface area contributed by atoms with Gasteiger partial charge in [-0.05, 0) is 74.0 Å². The monoisotopic (exact) mass is 605 g/mol. The van der Waals surface area contributed by atoms with E-state index in [9.17, 15) is 8.42 Å². The molecule has 0 radical (unpaired) electrons. The van der Waals surface area contributed by atoms with Gasteiger partial charge in [0.25, 0.3) is 15.6 Å². The maximum atomic E-state index is 10.5. The van der Waals surface area contributed by atoms with Crippen LogP contribution in [0.25, 0.3) is 38.7 Å². The van der Waals surface area contributed by atoms with Crippen molar-refractivity contribution in [2.45, 2.75) is 32.2 Å². The minimum Gasteiger partial charge on any atom is -0.439 e. The van der Waals surface area contributed by atoms with E-state index in [1.54, 1.807) is 12.1 Å². The lowest BCUT2D eigenvalue weighted by molar-refractivity contribution is -0.673. The summed E-state index contributed by atoms with van der Waals surface area (Å²) in [5, 5.41) is 4.84. The molecule has 0 amide bonds. The van der Waals surface area contributed by atoms with Gasteiger partial charge in [0.15, 0.2) is 5.75 Å². The summed E-state index contributed by atoms with van der Waals surface area (Å²) in [6, 6.07) is 31.2. The van der Waals surface area contributed by atoms with Crippen molar-refractivity contribution in [2.24, 2.45) is 0 Å². The molecule has 1 aliphatic rings. The maximum Gasteiger partial charge on any atom is 0.374 e. The zero-order valence-corrected chi connectivity index (χ0v) is 25.6. The van der Waals surface area contributed by atoms with Gasteiger partial charge < -0.3 is 14.1 Å². The summed E-state index contributed by atoms with van der Waals surface area (Å²) >= 11 is 0. The topological polar surface area (TPSA) is 83.9 Å². The van der Waals surface area contributed by atoms with Crippen LogP contribution in [0.5, 0.6) is 5.75 Å². The number of rotatable bonds is 5. The maximum absolute atomic E-state index is 10.5. The van der Waals surface area contributed by atoms with Gasteiger partial charge in [0, 0.05) is 11.9 Å². The summed E-state index contributed by atoms with van der Waals surface area (Å²) in [6.45, 7) is 7.78. The highest BCUT2D eigenvalue weighted by atomic mass is 32.2. The van der Waals surface area contributed by atoms with Crippen molar-refractivity contribution in [3.63, 3.8) is 0 Å². The van der Waals surface area contributed by atoms with Crippen molar-refractivity contribution in [1.82, 2.24) is 0 Å². The Bertz CT molecular complexity index is 2160. The Hall–Kier alpha value is -4.92. The van der Waals surface area contributed by atoms with E-state index in [0.717, 1.165) is 53.0 Å². The SMILES string of the molecule is CCN1/C(=C/C=C/c2oc3ccc4ccccc4c3[n+]2CC)Oc2ccc3ccccc3c21.Cc1ccc(S(=O)(=O)O)cc1. The molecule has 0 bridgehead atoms. The van der Waals surface area contributed by atoms with E-state index in [-0.39, 0.29) is 4.90 Å². The molecule has 7 nitrogen and oxygen atoms in total. The molecule has 1 aliphatic heterocycles. The highest BCUT2D eigenvalue weighted by Gasteiger charge is 2.27. The second-order valence-corrected chi connectivity index (χ2v) is 11.9. The molecular weight excluding hydrogens is 572 g/mol. The van der Waals surface area contributed by atoms with Crippen molar-refractivity contribution in [1.29, 1.82) is 0 Å². The third-order valence-corrected chi connectivity index (χ3v) is 8.52. The van der Waals surface area contributed by atoms with Crippen molar-refractivity contribution in [2.75, 3.05) is 11.4 Å². The van der Waals surface area contributed by atoms with Crippen molar-refractivity contribution < 1.29 is 26.7 Å². The molecule has 8 heteroatoms. The molecule has 2 heterocycles. The number of anilines is 1. The van der Waals surface area contributed by atoms with Crippen LogP contribution < -0.4 is 14.2 Å². The van der Waals surface area contributed by atoms with E-state index in [1.165, 1.54) is 33.7 Å². The Balaban J connectivity index is 0.000000265. The van der Waals surface area contributed by atoms with E-state index in [2.05, 4.69) is 96.1 Å². The third-order valence-electron chi connectivity index (χ3n) is 7.66. The van der Waals surface area contributed by atoms with Crippen LogP contribution in [0.4, 0.5) is 5.69 Å². The third kappa shape index (κ3) is 5.57. The van der Waals surface area contributed by atoms with Crippen LogP contribution in [0.2, 0.25) is 0 Å². The van der Waals surface area contributed by atoms with Gasteiger partial charge in [-0.3, -0.25) is 4.55 Å². The van der Waals surface area contributed by atoms with Gasteiger partial charge in [0.1, 0.15) is 6.54 Å². The van der Waals surface area contributed by atoms with Crippen LogP contribution in [-0.4, -0.2) is 19.5 Å². The minimum atomic E-state index is -4.02. The number of benzene rings is 5. The normalized spacial score (nSPS) is 13.9. The zero-order chi connectivity index (χ0) is 30.8. The molecule has 5 aromatic carbocycles. The van der Waals surface area contributed by atoms with Gasteiger partial charge in [0.05, 0.1) is 22.0 Å². The Morgan fingerprint density at radius 2 is 1.50 bits per heavy atom. The zero-order valence-electron chi connectivity index (χ0n) is 24.8. The van der Waals surface area contributed by atoms with E-state index in [1.807, 2.05) is 25.2 Å². The molecule has 44 heavy (non-hydrogen) atoms. The van der Waals surface area contributed by atoms with Gasteiger partial charge in [0.2, 0.25) is 11.5 Å². The second kappa shape index (κ2) is 12.0. The average molecular weight is 606 g/mol. The highest BCUT2D eigenvalue weighted by molar-refractivity contribution is 7.85. The number of allylic oxidation sites excluding steroid dienone is 2. The number of ether oxygens (including phenoxy) is 1. The summed E-state index contributed by atoms with van der Waals surface area (Å²) < 4.78 is 44.2. The molecular formula is C36H33N2O5S+. The molecule has 222 valence electrons. The number of fused-ring (bicyclic) bond motifs is 6. The number of aryl methyl sites for hydroxylation is 2. The van der Waals surface area contributed by atoms with Gasteiger partial charge in [-0.25, -0.2) is 0 Å². The predicted molar refractivity (Wildman–Crippen MR) is 175 cm³/mol. The number of oxazole rings is 1. The molecule has 7 rings (SSSR count). The number of hydrogen-bond donors (Lipinski definition) is 1. The van der Waals surface area contributed by atoms with Crippen LogP contribution in [0.1, 0.15) is 25.3 Å². The fraction of sp³-hybridized carbons (Fsp3) is 0.139. The van der Waals surface area contributed by atoms with E-state index >= 15 is 0 Å². The number of hydrogen-bond acceptors (Lipinski definition) is 5. The minimum absolute atomic E-state index is 0.0666. The summed E-state index contributed by atoms with van der Waals surface area (Å²) in [6.07, 6.45) is 6.05. The van der Waals surface area contributed by atoms with Crippen molar-refractivity contribution in [3.8, 4) is 5.75 Å². The molecule has 1 N–H and O–H groups in total. The molecule has 0 aliphatic carbocycles. The van der Waals surface area contributed by atoms with E-state index < -0.39 is 10.1 Å². The van der Waals surface area contributed by atoms with Crippen LogP contribution in [-0.2, 0) is 16.7 Å². The first-order chi connectivity index (χ1) is 21.3. The van der Waals surface area contributed by atoms with Crippen molar-refractivity contribution in [3.05, 3.63) is 127 Å². The van der Waals surface area contributed by atoms with Gasteiger partial charge in [-0.2, -0.15) is 13.0 Å². The molecule has 6 aromatic rings. The first-order valence-electron chi connectivity index (χ1n) is 14.5. The number of aromatic nitrogens is 1. The quantitative estimate of drug-likeness (QED) is 0.158. The molecule has 0 saturated heterocycles. The van der Waals surface area contributed by atoms with Crippen molar-refractivity contribution >= 4 is 54.5 Å². The lowest BCUT2D eigenvalue weighted by atomic mass is 10.1. The summed E-state index contributed by atoms with van der Waals surface area (Å²) in [5.74, 6) is 2.54. The fourth-order valence-corrected chi connectivity index (χ4v) is 6.03. The first kappa shape index (κ1) is 29.2. The smallest absolute Gasteiger partial charge is 0.374 e. The Morgan fingerprint density at radius 1 is 0.841 bits per heavy atom. The molecule has 0 spiro atoms. The number of nitrogens with zero attached hydrogens (tertiary/aromatic N) is 2. The van der Waals surface area contributed by atoms with E-state index in [4.69, 9.17) is 13.7 Å². The fourth-order valence-electron chi connectivity index (χ4n) is 5.55. The summed E-state index contributed by atoms with van der Waals surface area (Å²) in [5.41, 5.74) is 4.12. The Morgan fingerprint density at radius 3 is 2.18 bits per heavy atom.